The van der Waals surface area contributed by atoms with Crippen molar-refractivity contribution in [2.45, 2.75) is 19.8 Å². The van der Waals surface area contributed by atoms with Gasteiger partial charge >= 0.3 is 0 Å². The Bertz CT molecular complexity index is 888. The van der Waals surface area contributed by atoms with E-state index in [-0.39, 0.29) is 0 Å². The minimum atomic E-state index is 0.921. The largest absolute Gasteiger partial charge is 0.256 e. The molecule has 3 heteroatoms. The van der Waals surface area contributed by atoms with Crippen LogP contribution < -0.4 is 5.01 Å². The molecule has 1 aromatic heterocycles. The predicted octanol–water partition coefficient (Wildman–Crippen LogP) is 5.28. The summed E-state index contributed by atoms with van der Waals surface area (Å²) in [6.07, 6.45) is 16.5. The maximum atomic E-state index is 4.62. The lowest BCUT2D eigenvalue weighted by molar-refractivity contribution is 1.03. The molecule has 2 heterocycles. The molecular weight excluding hydrogens is 294 g/mol. The number of anilines is 1. The van der Waals surface area contributed by atoms with Gasteiger partial charge in [-0.15, -0.1) is 0 Å². The molecule has 0 fully saturated rings. The molecule has 0 amide bonds. The van der Waals surface area contributed by atoms with Crippen molar-refractivity contribution in [3.05, 3.63) is 72.2 Å². The van der Waals surface area contributed by atoms with Gasteiger partial charge in [0.15, 0.2) is 0 Å². The third-order valence-corrected chi connectivity index (χ3v) is 4.18. The van der Waals surface area contributed by atoms with Gasteiger partial charge in [0.05, 0.1) is 11.4 Å². The second-order valence-corrected chi connectivity index (χ2v) is 6.06. The standard InChI is InChI=1S/C21H19N3/c1-16-7-6-12-24(23-16)20-10-5-9-17(14-20)19-13-18-8-3-2-4-11-21(18)22-15-19/h3-6,8-15H,2,7H2,1H3. The molecule has 0 N–H and O–H groups in total. The van der Waals surface area contributed by atoms with E-state index in [4.69, 9.17) is 0 Å². The number of hydrazone groups is 1. The van der Waals surface area contributed by atoms with Crippen LogP contribution in [-0.4, -0.2) is 10.7 Å². The summed E-state index contributed by atoms with van der Waals surface area (Å²) in [7, 11) is 0. The number of aromatic nitrogens is 1. The zero-order valence-electron chi connectivity index (χ0n) is 13.7. The molecule has 2 aliphatic rings. The normalized spacial score (nSPS) is 15.9. The average Bonchev–Trinajstić information content (AvgIpc) is 2.86. The van der Waals surface area contributed by atoms with Gasteiger partial charge in [-0.1, -0.05) is 36.4 Å². The van der Waals surface area contributed by atoms with Crippen LogP contribution in [0.5, 0.6) is 0 Å². The van der Waals surface area contributed by atoms with Gasteiger partial charge in [-0.3, -0.25) is 4.98 Å². The number of hydrogen-bond donors (Lipinski definition) is 0. The number of allylic oxidation sites excluding steroid dienone is 3. The third-order valence-electron chi connectivity index (χ3n) is 4.18. The molecule has 0 saturated carbocycles. The molecule has 0 radical (unpaired) electrons. The van der Waals surface area contributed by atoms with E-state index in [9.17, 15) is 0 Å². The lowest BCUT2D eigenvalue weighted by atomic mass is 10.0. The van der Waals surface area contributed by atoms with Gasteiger partial charge in [0.25, 0.3) is 0 Å². The molecule has 0 unspecified atom stereocenters. The molecule has 24 heavy (non-hydrogen) atoms. The highest BCUT2D eigenvalue weighted by atomic mass is 15.4. The maximum absolute atomic E-state index is 4.62. The molecule has 4 rings (SSSR count). The van der Waals surface area contributed by atoms with Crippen LogP contribution in [-0.2, 0) is 0 Å². The van der Waals surface area contributed by atoms with Crippen molar-refractivity contribution >= 4 is 23.6 Å². The maximum Gasteiger partial charge on any atom is 0.0699 e. The number of nitrogens with zero attached hydrogens (tertiary/aromatic N) is 3. The zero-order chi connectivity index (χ0) is 16.4. The van der Waals surface area contributed by atoms with Crippen LogP contribution in [0.3, 0.4) is 0 Å². The first kappa shape index (κ1) is 14.6. The fraction of sp³-hybridized carbons (Fsp3) is 0.143. The van der Waals surface area contributed by atoms with Gasteiger partial charge in [-0.2, -0.15) is 5.10 Å². The SMILES string of the molecule is CC1=NN(c2cccc(-c3cnc4c(c3)C=CCC=C4)c2)C=CC1. The highest BCUT2D eigenvalue weighted by Gasteiger charge is 2.09. The van der Waals surface area contributed by atoms with E-state index in [2.05, 4.69) is 77.7 Å². The predicted molar refractivity (Wildman–Crippen MR) is 102 cm³/mol. The monoisotopic (exact) mass is 313 g/mol. The summed E-state index contributed by atoms with van der Waals surface area (Å²) in [6.45, 7) is 2.05. The number of pyridine rings is 1. The van der Waals surface area contributed by atoms with Gasteiger partial charge in [0, 0.05) is 35.7 Å². The summed E-state index contributed by atoms with van der Waals surface area (Å²) in [5, 5.41) is 6.53. The van der Waals surface area contributed by atoms with Crippen LogP contribution in [0, 0.1) is 0 Å². The van der Waals surface area contributed by atoms with Crippen LogP contribution in [0.15, 0.2) is 66.1 Å². The summed E-state index contributed by atoms with van der Waals surface area (Å²) >= 11 is 0. The molecule has 1 aliphatic heterocycles. The topological polar surface area (TPSA) is 28.5 Å². The second kappa shape index (κ2) is 6.28. The Hall–Kier alpha value is -2.94. The van der Waals surface area contributed by atoms with E-state index in [1.807, 2.05) is 17.4 Å². The highest BCUT2D eigenvalue weighted by Crippen LogP contribution is 2.28. The van der Waals surface area contributed by atoms with Gasteiger partial charge in [0.1, 0.15) is 0 Å². The first-order chi connectivity index (χ1) is 11.8. The van der Waals surface area contributed by atoms with Gasteiger partial charge in [-0.25, -0.2) is 5.01 Å². The Kier molecular flexibility index (Phi) is 3.83. The second-order valence-electron chi connectivity index (χ2n) is 6.06. The third kappa shape index (κ3) is 2.93. The van der Waals surface area contributed by atoms with Crippen LogP contribution in [0.2, 0.25) is 0 Å². The number of hydrogen-bond acceptors (Lipinski definition) is 3. The first-order valence-corrected chi connectivity index (χ1v) is 8.23. The van der Waals surface area contributed by atoms with Crippen molar-refractivity contribution in [3.8, 4) is 11.1 Å². The van der Waals surface area contributed by atoms with Gasteiger partial charge in [-0.05, 0) is 43.2 Å². The summed E-state index contributed by atoms with van der Waals surface area (Å²) in [5.74, 6) is 0. The molecule has 0 saturated heterocycles. The van der Waals surface area contributed by atoms with E-state index in [0.29, 0.717) is 0 Å². The number of rotatable bonds is 2. The van der Waals surface area contributed by atoms with E-state index < -0.39 is 0 Å². The molecular formula is C21H19N3. The van der Waals surface area contributed by atoms with Crippen molar-refractivity contribution in [3.63, 3.8) is 0 Å². The van der Waals surface area contributed by atoms with Crippen LogP contribution in [0.1, 0.15) is 31.0 Å². The minimum Gasteiger partial charge on any atom is -0.256 e. The first-order valence-electron chi connectivity index (χ1n) is 8.23. The Morgan fingerprint density at radius 1 is 1.00 bits per heavy atom. The Morgan fingerprint density at radius 2 is 1.92 bits per heavy atom. The van der Waals surface area contributed by atoms with Crippen LogP contribution in [0.25, 0.3) is 23.3 Å². The molecule has 0 atom stereocenters. The van der Waals surface area contributed by atoms with Crippen LogP contribution >= 0.6 is 0 Å². The Labute approximate surface area is 142 Å². The summed E-state index contributed by atoms with van der Waals surface area (Å²) in [6, 6.07) is 10.6. The fourth-order valence-electron chi connectivity index (χ4n) is 2.93. The van der Waals surface area contributed by atoms with Gasteiger partial charge in [0.2, 0.25) is 0 Å². The van der Waals surface area contributed by atoms with Crippen LogP contribution in [0.4, 0.5) is 5.69 Å². The molecule has 0 bridgehead atoms. The highest BCUT2D eigenvalue weighted by molar-refractivity contribution is 5.85. The van der Waals surface area contributed by atoms with Crippen molar-refractivity contribution < 1.29 is 0 Å². The van der Waals surface area contributed by atoms with E-state index >= 15 is 0 Å². The fourth-order valence-corrected chi connectivity index (χ4v) is 2.93. The molecule has 2 aromatic rings. The quantitative estimate of drug-likeness (QED) is 0.754. The van der Waals surface area contributed by atoms with E-state index in [1.54, 1.807) is 0 Å². The smallest absolute Gasteiger partial charge is 0.0699 e. The van der Waals surface area contributed by atoms with Crippen molar-refractivity contribution in [2.75, 3.05) is 5.01 Å². The lowest BCUT2D eigenvalue weighted by Crippen LogP contribution is -2.14. The summed E-state index contributed by atoms with van der Waals surface area (Å²) in [5.41, 5.74) is 6.65. The molecule has 0 spiro atoms. The summed E-state index contributed by atoms with van der Waals surface area (Å²) < 4.78 is 0. The van der Waals surface area contributed by atoms with Crippen molar-refractivity contribution in [1.82, 2.24) is 4.98 Å². The molecule has 1 aromatic carbocycles. The Balaban J connectivity index is 1.72. The minimum absolute atomic E-state index is 0.921. The van der Waals surface area contributed by atoms with Crippen molar-refractivity contribution in [2.24, 2.45) is 5.10 Å². The van der Waals surface area contributed by atoms with E-state index in [1.165, 1.54) is 5.56 Å². The van der Waals surface area contributed by atoms with Gasteiger partial charge < -0.3 is 0 Å². The molecule has 1 aliphatic carbocycles. The molecule has 3 nitrogen and oxygen atoms in total. The van der Waals surface area contributed by atoms with Crippen molar-refractivity contribution in [1.29, 1.82) is 0 Å². The average molecular weight is 313 g/mol. The number of benzene rings is 1. The molecule has 118 valence electrons. The zero-order valence-corrected chi connectivity index (χ0v) is 13.7. The Morgan fingerprint density at radius 3 is 2.83 bits per heavy atom. The lowest BCUT2D eigenvalue weighted by Gasteiger charge is -2.19. The van der Waals surface area contributed by atoms with E-state index in [0.717, 1.165) is 41.1 Å². The summed E-state index contributed by atoms with van der Waals surface area (Å²) in [4.78, 5) is 4.62. The number of fused-ring (bicyclic) bond motifs is 1.